The molecule has 2 rings (SSSR count). The predicted octanol–water partition coefficient (Wildman–Crippen LogP) is 3.13. The second-order valence-electron chi connectivity index (χ2n) is 3.13. The van der Waals surface area contributed by atoms with Crippen LogP contribution in [0, 0.1) is 11.3 Å². The third-order valence-corrected chi connectivity index (χ3v) is 2.37. The standard InChI is InChI=1S/C12H6BrNO3/c13-11-5-4-10(17-11)12(15)16-9-3-1-2-8(6-9)7-14/h1-6H. The molecule has 2 aromatic rings. The fourth-order valence-electron chi connectivity index (χ4n) is 1.21. The summed E-state index contributed by atoms with van der Waals surface area (Å²) in [6, 6.07) is 11.4. The maximum Gasteiger partial charge on any atom is 0.379 e. The lowest BCUT2D eigenvalue weighted by Crippen LogP contribution is -2.07. The highest BCUT2D eigenvalue weighted by atomic mass is 79.9. The first-order valence-electron chi connectivity index (χ1n) is 4.67. The number of nitrogens with zero attached hydrogens (tertiary/aromatic N) is 1. The Morgan fingerprint density at radius 3 is 2.82 bits per heavy atom. The summed E-state index contributed by atoms with van der Waals surface area (Å²) in [7, 11) is 0. The summed E-state index contributed by atoms with van der Waals surface area (Å²) < 4.78 is 10.6. The highest BCUT2D eigenvalue weighted by molar-refractivity contribution is 9.10. The van der Waals surface area contributed by atoms with Crippen LogP contribution in [0.15, 0.2) is 45.5 Å². The van der Waals surface area contributed by atoms with Gasteiger partial charge in [0.1, 0.15) is 5.75 Å². The average molecular weight is 292 g/mol. The van der Waals surface area contributed by atoms with Crippen LogP contribution in [0.1, 0.15) is 16.1 Å². The molecule has 0 spiro atoms. The second-order valence-corrected chi connectivity index (χ2v) is 3.91. The van der Waals surface area contributed by atoms with Gasteiger partial charge in [0, 0.05) is 0 Å². The monoisotopic (exact) mass is 291 g/mol. The number of carbonyl (C=O) groups is 1. The number of carbonyl (C=O) groups excluding carboxylic acids is 1. The first kappa shape index (κ1) is 11.4. The molecule has 1 heterocycles. The van der Waals surface area contributed by atoms with E-state index in [0.29, 0.717) is 16.0 Å². The molecule has 0 saturated carbocycles. The summed E-state index contributed by atoms with van der Waals surface area (Å²) in [5.74, 6) is -0.202. The molecule has 0 N–H and O–H groups in total. The van der Waals surface area contributed by atoms with Crippen molar-refractivity contribution in [2.24, 2.45) is 0 Å². The summed E-state index contributed by atoms with van der Waals surface area (Å²) in [4.78, 5) is 11.6. The molecule has 0 unspecified atom stereocenters. The van der Waals surface area contributed by atoms with Gasteiger partial charge in [0.15, 0.2) is 4.67 Å². The topological polar surface area (TPSA) is 63.2 Å². The van der Waals surface area contributed by atoms with Crippen LogP contribution in [-0.4, -0.2) is 5.97 Å². The Morgan fingerprint density at radius 2 is 2.18 bits per heavy atom. The molecule has 0 atom stereocenters. The molecule has 0 aliphatic rings. The smallest absolute Gasteiger partial charge is 0.379 e. The van der Waals surface area contributed by atoms with Crippen LogP contribution in [0.25, 0.3) is 0 Å². The van der Waals surface area contributed by atoms with Crippen molar-refractivity contribution in [1.82, 2.24) is 0 Å². The van der Waals surface area contributed by atoms with E-state index in [1.807, 2.05) is 6.07 Å². The summed E-state index contributed by atoms with van der Waals surface area (Å²) in [6.45, 7) is 0. The normalized spacial score (nSPS) is 9.65. The fraction of sp³-hybridized carbons (Fsp3) is 0. The summed E-state index contributed by atoms with van der Waals surface area (Å²) in [5, 5.41) is 8.70. The van der Waals surface area contributed by atoms with Gasteiger partial charge in [-0.25, -0.2) is 4.79 Å². The van der Waals surface area contributed by atoms with E-state index in [9.17, 15) is 4.79 Å². The van der Waals surface area contributed by atoms with Gasteiger partial charge < -0.3 is 9.15 Å². The first-order valence-corrected chi connectivity index (χ1v) is 5.46. The van der Waals surface area contributed by atoms with Crippen molar-refractivity contribution in [1.29, 1.82) is 5.26 Å². The average Bonchev–Trinajstić information content (AvgIpc) is 2.76. The maximum atomic E-state index is 11.6. The van der Waals surface area contributed by atoms with Crippen molar-refractivity contribution in [2.75, 3.05) is 0 Å². The largest absolute Gasteiger partial charge is 0.442 e. The molecule has 84 valence electrons. The van der Waals surface area contributed by atoms with E-state index in [0.717, 1.165) is 0 Å². The van der Waals surface area contributed by atoms with Gasteiger partial charge in [0.25, 0.3) is 0 Å². The zero-order valence-electron chi connectivity index (χ0n) is 8.51. The highest BCUT2D eigenvalue weighted by Crippen LogP contribution is 2.18. The second kappa shape index (κ2) is 4.85. The van der Waals surface area contributed by atoms with Gasteiger partial charge in [-0.05, 0) is 46.3 Å². The molecule has 17 heavy (non-hydrogen) atoms. The van der Waals surface area contributed by atoms with Crippen molar-refractivity contribution in [3.8, 4) is 11.8 Å². The van der Waals surface area contributed by atoms with Crippen molar-refractivity contribution >= 4 is 21.9 Å². The molecular weight excluding hydrogens is 286 g/mol. The van der Waals surface area contributed by atoms with E-state index in [2.05, 4.69) is 15.9 Å². The van der Waals surface area contributed by atoms with E-state index in [-0.39, 0.29) is 5.76 Å². The number of esters is 1. The molecule has 0 aliphatic carbocycles. The minimum atomic E-state index is -0.606. The van der Waals surface area contributed by atoms with E-state index >= 15 is 0 Å². The quantitative estimate of drug-likeness (QED) is 0.630. The molecule has 0 aliphatic heterocycles. The molecule has 1 aromatic carbocycles. The minimum absolute atomic E-state index is 0.0965. The number of hydrogen-bond acceptors (Lipinski definition) is 4. The summed E-state index contributed by atoms with van der Waals surface area (Å²) >= 11 is 3.09. The molecule has 0 fully saturated rings. The van der Waals surface area contributed by atoms with Crippen molar-refractivity contribution in [3.05, 3.63) is 52.4 Å². The van der Waals surface area contributed by atoms with Gasteiger partial charge in [0.2, 0.25) is 5.76 Å². The van der Waals surface area contributed by atoms with Crippen LogP contribution in [-0.2, 0) is 0 Å². The lowest BCUT2D eigenvalue weighted by atomic mass is 10.2. The number of ether oxygens (including phenoxy) is 1. The van der Waals surface area contributed by atoms with Gasteiger partial charge in [-0.15, -0.1) is 0 Å². The fourth-order valence-corrected chi connectivity index (χ4v) is 1.52. The number of rotatable bonds is 2. The van der Waals surface area contributed by atoms with Crippen molar-refractivity contribution in [3.63, 3.8) is 0 Å². The molecule has 0 saturated heterocycles. The lowest BCUT2D eigenvalue weighted by molar-refractivity contribution is 0.0700. The SMILES string of the molecule is N#Cc1cccc(OC(=O)c2ccc(Br)o2)c1. The molecule has 1 aromatic heterocycles. The maximum absolute atomic E-state index is 11.6. The van der Waals surface area contributed by atoms with Gasteiger partial charge in [0.05, 0.1) is 11.6 Å². The number of nitriles is 1. The Bertz CT molecular complexity index is 598. The molecule has 0 amide bonds. The minimum Gasteiger partial charge on any atom is -0.442 e. The van der Waals surface area contributed by atoms with E-state index in [1.54, 1.807) is 24.3 Å². The third-order valence-electron chi connectivity index (χ3n) is 1.95. The zero-order chi connectivity index (χ0) is 12.3. The first-order chi connectivity index (χ1) is 8.19. The number of hydrogen-bond donors (Lipinski definition) is 0. The molecule has 0 radical (unpaired) electrons. The molecule has 0 bridgehead atoms. The number of benzene rings is 1. The summed E-state index contributed by atoms with van der Waals surface area (Å²) in [6.07, 6.45) is 0. The van der Waals surface area contributed by atoms with Crippen molar-refractivity contribution < 1.29 is 13.9 Å². The lowest BCUT2D eigenvalue weighted by Gasteiger charge is -2.01. The van der Waals surface area contributed by atoms with Gasteiger partial charge >= 0.3 is 5.97 Å². The van der Waals surface area contributed by atoms with Crippen LogP contribution >= 0.6 is 15.9 Å². The zero-order valence-corrected chi connectivity index (χ0v) is 10.1. The van der Waals surface area contributed by atoms with Gasteiger partial charge in [-0.1, -0.05) is 6.07 Å². The van der Waals surface area contributed by atoms with Crippen LogP contribution in [0.2, 0.25) is 0 Å². The van der Waals surface area contributed by atoms with Crippen LogP contribution < -0.4 is 4.74 Å². The molecular formula is C12H6BrNO3. The Morgan fingerprint density at radius 1 is 1.35 bits per heavy atom. The Hall–Kier alpha value is -2.06. The Balaban J connectivity index is 2.16. The molecule has 4 nitrogen and oxygen atoms in total. The van der Waals surface area contributed by atoms with Crippen LogP contribution in [0.5, 0.6) is 5.75 Å². The van der Waals surface area contributed by atoms with Gasteiger partial charge in [-0.3, -0.25) is 0 Å². The predicted molar refractivity (Wildman–Crippen MR) is 62.5 cm³/mol. The highest BCUT2D eigenvalue weighted by Gasteiger charge is 2.13. The summed E-state index contributed by atoms with van der Waals surface area (Å²) in [5.41, 5.74) is 0.427. The van der Waals surface area contributed by atoms with E-state index in [4.69, 9.17) is 14.4 Å². The molecule has 5 heteroatoms. The number of furan rings is 1. The third kappa shape index (κ3) is 2.74. The van der Waals surface area contributed by atoms with Crippen molar-refractivity contribution in [2.45, 2.75) is 0 Å². The number of halogens is 1. The van der Waals surface area contributed by atoms with E-state index in [1.165, 1.54) is 12.1 Å². The van der Waals surface area contributed by atoms with E-state index < -0.39 is 5.97 Å². The Labute approximate surface area is 106 Å². The van der Waals surface area contributed by atoms with Gasteiger partial charge in [-0.2, -0.15) is 5.26 Å². The van der Waals surface area contributed by atoms with Crippen LogP contribution in [0.4, 0.5) is 0 Å². The van der Waals surface area contributed by atoms with Crippen LogP contribution in [0.3, 0.4) is 0 Å². The Kier molecular flexibility index (Phi) is 3.26.